The van der Waals surface area contributed by atoms with Gasteiger partial charge in [0.25, 0.3) is 0 Å². The van der Waals surface area contributed by atoms with Crippen LogP contribution in [0.3, 0.4) is 0 Å². The van der Waals surface area contributed by atoms with E-state index in [4.69, 9.17) is 10.00 Å². The third-order valence-electron chi connectivity index (χ3n) is 4.91. The number of hydrogen-bond donors (Lipinski definition) is 1. The number of hydrazine groups is 1. The van der Waals surface area contributed by atoms with Gasteiger partial charge in [-0.05, 0) is 76.4 Å². The van der Waals surface area contributed by atoms with Crippen molar-refractivity contribution in [2.75, 3.05) is 16.5 Å². The minimum absolute atomic E-state index is 0.0650. The first-order chi connectivity index (χ1) is 14.7. The number of nitrogens with zero attached hydrogens (tertiary/aromatic N) is 3. The second-order valence-electron chi connectivity index (χ2n) is 8.55. The Morgan fingerprint density at radius 2 is 1.87 bits per heavy atom. The maximum Gasteiger partial charge on any atom is 0.426 e. The molecule has 162 valence electrons. The number of para-hydroxylation sites is 1. The van der Waals surface area contributed by atoms with E-state index in [2.05, 4.69) is 11.5 Å². The molecule has 0 atom stereocenters. The van der Waals surface area contributed by atoms with Gasteiger partial charge < -0.3 is 9.64 Å². The van der Waals surface area contributed by atoms with Crippen molar-refractivity contribution in [3.63, 3.8) is 0 Å². The predicted octanol–water partition coefficient (Wildman–Crippen LogP) is 4.96. The van der Waals surface area contributed by atoms with Crippen LogP contribution >= 0.6 is 0 Å². The second-order valence-corrected chi connectivity index (χ2v) is 8.55. The number of benzene rings is 2. The normalized spacial score (nSPS) is 14.0. The molecule has 0 aromatic heterocycles. The minimum Gasteiger partial charge on any atom is -0.443 e. The topological polar surface area (TPSA) is 85.7 Å². The molecule has 0 bridgehead atoms. The van der Waals surface area contributed by atoms with Gasteiger partial charge in [-0.1, -0.05) is 12.1 Å². The van der Waals surface area contributed by atoms with Crippen molar-refractivity contribution in [1.29, 1.82) is 5.26 Å². The third-order valence-corrected chi connectivity index (χ3v) is 4.91. The summed E-state index contributed by atoms with van der Waals surface area (Å²) in [6, 6.07) is 14.7. The molecule has 0 aliphatic carbocycles. The first-order valence-electron chi connectivity index (χ1n) is 10.4. The van der Waals surface area contributed by atoms with Gasteiger partial charge in [-0.2, -0.15) is 5.26 Å². The van der Waals surface area contributed by atoms with Crippen molar-refractivity contribution in [2.24, 2.45) is 0 Å². The Morgan fingerprint density at radius 1 is 1.16 bits per heavy atom. The van der Waals surface area contributed by atoms with Gasteiger partial charge in [0.2, 0.25) is 5.91 Å². The van der Waals surface area contributed by atoms with Crippen LogP contribution in [0.25, 0.3) is 0 Å². The fourth-order valence-electron chi connectivity index (χ4n) is 3.54. The Morgan fingerprint density at radius 3 is 2.48 bits per heavy atom. The highest BCUT2D eigenvalue weighted by atomic mass is 16.6. The average molecular weight is 421 g/mol. The molecule has 31 heavy (non-hydrogen) atoms. The number of aryl methyl sites for hydroxylation is 1. The highest BCUT2D eigenvalue weighted by Gasteiger charge is 2.27. The number of rotatable bonds is 4. The number of carbonyl (C=O) groups excluding carboxylic acids is 2. The van der Waals surface area contributed by atoms with Crippen molar-refractivity contribution < 1.29 is 14.3 Å². The highest BCUT2D eigenvalue weighted by Crippen LogP contribution is 2.38. The van der Waals surface area contributed by atoms with E-state index in [1.807, 2.05) is 25.1 Å². The number of hydrogen-bond acceptors (Lipinski definition) is 5. The van der Waals surface area contributed by atoms with Gasteiger partial charge >= 0.3 is 6.09 Å². The molecule has 2 aromatic rings. The zero-order valence-electron chi connectivity index (χ0n) is 18.4. The van der Waals surface area contributed by atoms with Gasteiger partial charge in [-0.15, -0.1) is 0 Å². The average Bonchev–Trinajstić information content (AvgIpc) is 2.71. The Labute approximate surface area is 183 Å². The van der Waals surface area contributed by atoms with Gasteiger partial charge in [0.1, 0.15) is 5.60 Å². The molecule has 0 unspecified atom stereocenters. The zero-order chi connectivity index (χ0) is 22.6. The number of nitriles is 1. The molecule has 0 saturated carbocycles. The number of ether oxygens (including phenoxy) is 1. The van der Waals surface area contributed by atoms with Crippen LogP contribution in [0.2, 0.25) is 0 Å². The van der Waals surface area contributed by atoms with Crippen molar-refractivity contribution in [2.45, 2.75) is 52.6 Å². The van der Waals surface area contributed by atoms with E-state index in [9.17, 15) is 9.59 Å². The summed E-state index contributed by atoms with van der Waals surface area (Å²) in [5.41, 5.74) is 5.62. The molecule has 1 aliphatic heterocycles. The van der Waals surface area contributed by atoms with Crippen LogP contribution in [0.5, 0.6) is 0 Å². The second kappa shape index (κ2) is 9.09. The van der Waals surface area contributed by atoms with E-state index in [0.29, 0.717) is 29.9 Å². The van der Waals surface area contributed by atoms with Crippen LogP contribution in [-0.4, -0.2) is 24.1 Å². The van der Waals surface area contributed by atoms with E-state index in [1.165, 1.54) is 0 Å². The molecule has 3 rings (SSSR count). The number of piperidine rings is 1. The van der Waals surface area contributed by atoms with E-state index < -0.39 is 11.7 Å². The summed E-state index contributed by atoms with van der Waals surface area (Å²) in [6.45, 7) is 7.95. The van der Waals surface area contributed by atoms with Crippen molar-refractivity contribution >= 4 is 29.1 Å². The SMILES string of the molecule is Cc1cccc(N2CCCCC2=O)c1N(NC(=O)OC(C)(C)C)c1ccc(C#N)cc1. The maximum atomic E-state index is 12.7. The van der Waals surface area contributed by atoms with Gasteiger partial charge in [-0.3, -0.25) is 4.79 Å². The van der Waals surface area contributed by atoms with Gasteiger partial charge in [0.15, 0.2) is 0 Å². The van der Waals surface area contributed by atoms with Crippen molar-refractivity contribution in [1.82, 2.24) is 5.43 Å². The standard InChI is InChI=1S/C24H28N4O3/c1-17-8-7-9-20(27-15-6-5-10-21(27)29)22(17)28(26-23(30)31-24(2,3)4)19-13-11-18(16-25)12-14-19/h7-9,11-14H,5-6,10,15H2,1-4H3,(H,26,30). The van der Waals surface area contributed by atoms with Gasteiger partial charge in [0.05, 0.1) is 28.7 Å². The maximum absolute atomic E-state index is 12.7. The smallest absolute Gasteiger partial charge is 0.426 e. The van der Waals surface area contributed by atoms with Crippen LogP contribution < -0.4 is 15.3 Å². The summed E-state index contributed by atoms with van der Waals surface area (Å²) in [4.78, 5) is 27.1. The summed E-state index contributed by atoms with van der Waals surface area (Å²) in [6.07, 6.45) is 1.70. The summed E-state index contributed by atoms with van der Waals surface area (Å²) < 4.78 is 5.48. The largest absolute Gasteiger partial charge is 0.443 e. The molecule has 1 aliphatic rings. The van der Waals surface area contributed by atoms with Crippen molar-refractivity contribution in [3.05, 3.63) is 53.6 Å². The molecule has 1 heterocycles. The number of anilines is 3. The summed E-state index contributed by atoms with van der Waals surface area (Å²) >= 11 is 0. The van der Waals surface area contributed by atoms with E-state index in [-0.39, 0.29) is 5.91 Å². The van der Waals surface area contributed by atoms with E-state index >= 15 is 0 Å². The molecular formula is C24H28N4O3. The molecule has 7 nitrogen and oxygen atoms in total. The fourth-order valence-corrected chi connectivity index (χ4v) is 3.54. The third kappa shape index (κ3) is 5.34. The lowest BCUT2D eigenvalue weighted by Crippen LogP contribution is -2.44. The molecule has 2 amide bonds. The number of nitrogens with one attached hydrogen (secondary N) is 1. The summed E-state index contributed by atoms with van der Waals surface area (Å²) in [7, 11) is 0. The van der Waals surface area contributed by atoms with Crippen LogP contribution in [-0.2, 0) is 9.53 Å². The molecule has 0 radical (unpaired) electrons. The monoisotopic (exact) mass is 420 g/mol. The Kier molecular flexibility index (Phi) is 6.50. The molecule has 7 heteroatoms. The van der Waals surface area contributed by atoms with Crippen LogP contribution in [0.4, 0.5) is 21.9 Å². The fraction of sp³-hybridized carbons (Fsp3) is 0.375. The van der Waals surface area contributed by atoms with E-state index in [1.54, 1.807) is 54.9 Å². The Balaban J connectivity index is 2.09. The summed E-state index contributed by atoms with van der Waals surface area (Å²) in [5.74, 6) is 0.0650. The minimum atomic E-state index is -0.669. The summed E-state index contributed by atoms with van der Waals surface area (Å²) in [5, 5.41) is 10.8. The zero-order valence-corrected chi connectivity index (χ0v) is 18.4. The Hall–Kier alpha value is -3.53. The predicted molar refractivity (Wildman–Crippen MR) is 120 cm³/mol. The lowest BCUT2D eigenvalue weighted by molar-refractivity contribution is -0.119. The van der Waals surface area contributed by atoms with Crippen LogP contribution in [0.15, 0.2) is 42.5 Å². The lowest BCUT2D eigenvalue weighted by Gasteiger charge is -2.34. The first-order valence-corrected chi connectivity index (χ1v) is 10.4. The molecular weight excluding hydrogens is 392 g/mol. The van der Waals surface area contributed by atoms with Crippen molar-refractivity contribution in [3.8, 4) is 6.07 Å². The highest BCUT2D eigenvalue weighted by molar-refractivity contribution is 5.99. The number of amides is 2. The molecule has 1 saturated heterocycles. The van der Waals surface area contributed by atoms with Gasteiger partial charge in [0, 0.05) is 13.0 Å². The van der Waals surface area contributed by atoms with Gasteiger partial charge in [-0.25, -0.2) is 15.2 Å². The molecule has 0 spiro atoms. The van der Waals surface area contributed by atoms with Crippen LogP contribution in [0.1, 0.15) is 51.2 Å². The first kappa shape index (κ1) is 22.2. The molecule has 2 aromatic carbocycles. The number of carbonyl (C=O) groups is 2. The Bertz CT molecular complexity index is 1000. The molecule has 1 N–H and O–H groups in total. The quantitative estimate of drug-likeness (QED) is 0.707. The lowest BCUT2D eigenvalue weighted by atomic mass is 10.1. The molecule has 1 fully saturated rings. The van der Waals surface area contributed by atoms with E-state index in [0.717, 1.165) is 24.1 Å². The van der Waals surface area contributed by atoms with Crippen LogP contribution in [0, 0.1) is 18.3 Å².